The average Bonchev–Trinajstić information content (AvgIpc) is 3.23. The number of aromatic nitrogens is 2. The molecule has 0 spiro atoms. The second-order valence-electron chi connectivity index (χ2n) is 6.76. The standard InChI is InChI=1S/C21H21ClN4O/c1-14-17(12-24-26(14)20-9-5-3-7-18(20)22)21(27)25-13-15(10-11-23)16-6-2-4-8-19(16)25/h2-9,12,15H,10-11,13,23H2,1H3. The number of nitrogens with two attached hydrogens (primary N) is 1. The summed E-state index contributed by atoms with van der Waals surface area (Å²) < 4.78 is 1.72. The van der Waals surface area contributed by atoms with Crippen molar-refractivity contribution in [3.8, 4) is 5.69 Å². The van der Waals surface area contributed by atoms with Gasteiger partial charge in [-0.1, -0.05) is 41.9 Å². The van der Waals surface area contributed by atoms with E-state index in [9.17, 15) is 4.79 Å². The van der Waals surface area contributed by atoms with Crippen LogP contribution in [0.15, 0.2) is 54.7 Å². The van der Waals surface area contributed by atoms with E-state index in [2.05, 4.69) is 11.2 Å². The number of nitrogens with zero attached hydrogens (tertiary/aromatic N) is 3. The van der Waals surface area contributed by atoms with Gasteiger partial charge in [-0.2, -0.15) is 5.10 Å². The number of amides is 1. The van der Waals surface area contributed by atoms with Crippen LogP contribution in [0.4, 0.5) is 5.69 Å². The Morgan fingerprint density at radius 3 is 2.63 bits per heavy atom. The van der Waals surface area contributed by atoms with Crippen LogP contribution in [0.1, 0.15) is 34.0 Å². The topological polar surface area (TPSA) is 64.2 Å². The molecule has 2 N–H and O–H groups in total. The molecule has 0 saturated carbocycles. The molecule has 4 rings (SSSR count). The summed E-state index contributed by atoms with van der Waals surface area (Å²) in [6, 6.07) is 15.5. The molecule has 1 atom stereocenters. The Morgan fingerprint density at radius 1 is 1.19 bits per heavy atom. The highest BCUT2D eigenvalue weighted by atomic mass is 35.5. The van der Waals surface area contributed by atoms with Gasteiger partial charge in [-0.25, -0.2) is 4.68 Å². The van der Waals surface area contributed by atoms with Crippen molar-refractivity contribution < 1.29 is 4.79 Å². The van der Waals surface area contributed by atoms with E-state index in [0.717, 1.165) is 23.5 Å². The Balaban J connectivity index is 1.70. The van der Waals surface area contributed by atoms with E-state index in [-0.39, 0.29) is 11.8 Å². The van der Waals surface area contributed by atoms with Crippen LogP contribution in [0.2, 0.25) is 5.02 Å². The highest BCUT2D eigenvalue weighted by Crippen LogP contribution is 2.38. The molecule has 138 valence electrons. The molecule has 0 radical (unpaired) electrons. The van der Waals surface area contributed by atoms with Crippen molar-refractivity contribution in [3.63, 3.8) is 0 Å². The lowest BCUT2D eigenvalue weighted by Crippen LogP contribution is -2.30. The highest BCUT2D eigenvalue weighted by molar-refractivity contribution is 6.32. The molecule has 5 nitrogen and oxygen atoms in total. The third-order valence-corrected chi connectivity index (χ3v) is 5.47. The molecule has 0 fully saturated rings. The number of carbonyl (C=O) groups is 1. The molecule has 1 amide bonds. The summed E-state index contributed by atoms with van der Waals surface area (Å²) in [5.41, 5.74) is 10.0. The number of anilines is 1. The molecule has 1 aliphatic heterocycles. The summed E-state index contributed by atoms with van der Waals surface area (Å²) in [7, 11) is 0. The third kappa shape index (κ3) is 3.03. The zero-order valence-electron chi connectivity index (χ0n) is 15.1. The van der Waals surface area contributed by atoms with E-state index in [1.165, 1.54) is 5.56 Å². The molecule has 0 aliphatic carbocycles. The molecule has 1 unspecified atom stereocenters. The van der Waals surface area contributed by atoms with Gasteiger partial charge in [0.2, 0.25) is 0 Å². The van der Waals surface area contributed by atoms with Gasteiger partial charge < -0.3 is 10.6 Å². The number of para-hydroxylation sites is 2. The fourth-order valence-electron chi connectivity index (χ4n) is 3.77. The molecule has 6 heteroatoms. The van der Waals surface area contributed by atoms with Gasteiger partial charge >= 0.3 is 0 Å². The molecule has 3 aromatic rings. The van der Waals surface area contributed by atoms with Crippen molar-refractivity contribution in [2.75, 3.05) is 18.0 Å². The summed E-state index contributed by atoms with van der Waals surface area (Å²) in [4.78, 5) is 15.2. The Hall–Kier alpha value is -2.63. The van der Waals surface area contributed by atoms with Crippen molar-refractivity contribution >= 4 is 23.2 Å². The van der Waals surface area contributed by atoms with E-state index in [1.807, 2.05) is 54.3 Å². The van der Waals surface area contributed by atoms with Crippen molar-refractivity contribution in [2.45, 2.75) is 19.3 Å². The van der Waals surface area contributed by atoms with Crippen molar-refractivity contribution in [1.82, 2.24) is 9.78 Å². The van der Waals surface area contributed by atoms with Crippen LogP contribution in [-0.4, -0.2) is 28.8 Å². The number of fused-ring (bicyclic) bond motifs is 1. The summed E-state index contributed by atoms with van der Waals surface area (Å²) in [6.45, 7) is 3.14. The number of hydrogen-bond donors (Lipinski definition) is 1. The number of rotatable bonds is 4. The third-order valence-electron chi connectivity index (χ3n) is 5.15. The first-order valence-electron chi connectivity index (χ1n) is 9.02. The van der Waals surface area contributed by atoms with E-state index in [4.69, 9.17) is 17.3 Å². The Bertz CT molecular complexity index is 997. The number of halogens is 1. The van der Waals surface area contributed by atoms with Gasteiger partial charge in [0, 0.05) is 18.2 Å². The molecular weight excluding hydrogens is 360 g/mol. The van der Waals surface area contributed by atoms with E-state index in [1.54, 1.807) is 10.9 Å². The largest absolute Gasteiger partial charge is 0.330 e. The van der Waals surface area contributed by atoms with Crippen LogP contribution < -0.4 is 10.6 Å². The maximum atomic E-state index is 13.3. The maximum Gasteiger partial charge on any atom is 0.261 e. The molecule has 0 bridgehead atoms. The minimum absolute atomic E-state index is 0.0437. The Kier molecular flexibility index (Phi) is 4.72. The number of carbonyl (C=O) groups excluding carboxylic acids is 1. The zero-order chi connectivity index (χ0) is 19.0. The van der Waals surface area contributed by atoms with Crippen LogP contribution in [0.5, 0.6) is 0 Å². The molecule has 1 aromatic heterocycles. The maximum absolute atomic E-state index is 13.3. The first kappa shape index (κ1) is 17.8. The predicted molar refractivity (Wildman–Crippen MR) is 108 cm³/mol. The normalized spacial score (nSPS) is 15.8. The van der Waals surface area contributed by atoms with Gasteiger partial charge in [0.25, 0.3) is 5.91 Å². The first-order chi connectivity index (χ1) is 13.1. The smallest absolute Gasteiger partial charge is 0.261 e. The van der Waals surface area contributed by atoms with Gasteiger partial charge in [-0.3, -0.25) is 4.79 Å². The Morgan fingerprint density at radius 2 is 1.89 bits per heavy atom. The molecular formula is C21H21ClN4O. The van der Waals surface area contributed by atoms with Crippen molar-refractivity contribution in [3.05, 3.63) is 76.6 Å². The molecule has 1 aliphatic rings. The van der Waals surface area contributed by atoms with E-state index >= 15 is 0 Å². The Labute approximate surface area is 163 Å². The fraction of sp³-hybridized carbons (Fsp3) is 0.238. The summed E-state index contributed by atoms with van der Waals surface area (Å²) in [6.07, 6.45) is 2.48. The summed E-state index contributed by atoms with van der Waals surface area (Å²) in [5.74, 6) is 0.229. The fourth-order valence-corrected chi connectivity index (χ4v) is 3.98. The van der Waals surface area contributed by atoms with E-state index in [0.29, 0.717) is 23.7 Å². The number of benzene rings is 2. The lowest BCUT2D eigenvalue weighted by atomic mass is 9.98. The number of hydrogen-bond acceptors (Lipinski definition) is 3. The van der Waals surface area contributed by atoms with Crippen LogP contribution in [-0.2, 0) is 0 Å². The summed E-state index contributed by atoms with van der Waals surface area (Å²) >= 11 is 6.30. The van der Waals surface area contributed by atoms with Crippen LogP contribution in [0, 0.1) is 6.92 Å². The van der Waals surface area contributed by atoms with Gasteiger partial charge in [0.1, 0.15) is 0 Å². The van der Waals surface area contributed by atoms with Crippen molar-refractivity contribution in [2.24, 2.45) is 5.73 Å². The van der Waals surface area contributed by atoms with Crippen LogP contribution in [0.25, 0.3) is 5.69 Å². The molecule has 0 saturated heterocycles. The SMILES string of the molecule is Cc1c(C(=O)N2CC(CCN)c3ccccc32)cnn1-c1ccccc1Cl. The average molecular weight is 381 g/mol. The second kappa shape index (κ2) is 7.18. The monoisotopic (exact) mass is 380 g/mol. The lowest BCUT2D eigenvalue weighted by Gasteiger charge is -2.18. The quantitative estimate of drug-likeness (QED) is 0.745. The minimum Gasteiger partial charge on any atom is -0.330 e. The molecule has 2 heterocycles. The predicted octanol–water partition coefficient (Wildman–Crippen LogP) is 3.93. The van der Waals surface area contributed by atoms with Gasteiger partial charge in [0.05, 0.1) is 28.2 Å². The van der Waals surface area contributed by atoms with Crippen LogP contribution >= 0.6 is 11.6 Å². The van der Waals surface area contributed by atoms with E-state index < -0.39 is 0 Å². The van der Waals surface area contributed by atoms with Crippen LogP contribution in [0.3, 0.4) is 0 Å². The second-order valence-corrected chi connectivity index (χ2v) is 7.16. The lowest BCUT2D eigenvalue weighted by molar-refractivity contribution is 0.0987. The van der Waals surface area contributed by atoms with Crippen molar-refractivity contribution in [1.29, 1.82) is 0 Å². The summed E-state index contributed by atoms with van der Waals surface area (Å²) in [5, 5.41) is 5.01. The van der Waals surface area contributed by atoms with Gasteiger partial charge in [-0.15, -0.1) is 0 Å². The molecule has 27 heavy (non-hydrogen) atoms. The van der Waals surface area contributed by atoms with Gasteiger partial charge in [0.15, 0.2) is 0 Å². The zero-order valence-corrected chi connectivity index (χ0v) is 15.9. The molecule has 2 aromatic carbocycles. The first-order valence-corrected chi connectivity index (χ1v) is 9.40. The van der Waals surface area contributed by atoms with Gasteiger partial charge in [-0.05, 0) is 43.7 Å². The minimum atomic E-state index is -0.0437. The highest BCUT2D eigenvalue weighted by Gasteiger charge is 2.33.